The highest BCUT2D eigenvalue weighted by molar-refractivity contribution is 5.96. The minimum absolute atomic E-state index is 0.0805. The summed E-state index contributed by atoms with van der Waals surface area (Å²) in [5.41, 5.74) is 10.6. The summed E-state index contributed by atoms with van der Waals surface area (Å²) >= 11 is 0. The van der Waals surface area contributed by atoms with E-state index in [0.29, 0.717) is 5.56 Å². The summed E-state index contributed by atoms with van der Waals surface area (Å²) in [4.78, 5) is 23.9. The van der Waals surface area contributed by atoms with Crippen LogP contribution in [-0.2, 0) is 4.79 Å². The van der Waals surface area contributed by atoms with Gasteiger partial charge in [0.15, 0.2) is 0 Å². The van der Waals surface area contributed by atoms with E-state index in [-0.39, 0.29) is 18.4 Å². The zero-order chi connectivity index (χ0) is 17.7. The molecule has 24 heavy (non-hydrogen) atoms. The first-order chi connectivity index (χ1) is 11.4. The summed E-state index contributed by atoms with van der Waals surface area (Å²) in [6, 6.07) is 11.4. The maximum Gasteiger partial charge on any atom is 0.269 e. The lowest BCUT2D eigenvalue weighted by atomic mass is 10.1. The molecule has 0 saturated carbocycles. The lowest BCUT2D eigenvalue weighted by Crippen LogP contribution is -2.44. The molecule has 0 aromatic heterocycles. The number of hydrogen-bond donors (Lipinski definition) is 3. The Morgan fingerprint density at radius 3 is 2.25 bits per heavy atom. The number of benzene rings is 2. The van der Waals surface area contributed by atoms with Gasteiger partial charge in [-0.1, -0.05) is 23.8 Å². The fourth-order valence-corrected chi connectivity index (χ4v) is 2.31. The van der Waals surface area contributed by atoms with E-state index < -0.39 is 0 Å². The summed E-state index contributed by atoms with van der Waals surface area (Å²) in [5.74, 6) is -0.648. The highest BCUT2D eigenvalue weighted by Crippen LogP contribution is 2.15. The van der Waals surface area contributed by atoms with E-state index in [1.807, 2.05) is 52.0 Å². The maximum atomic E-state index is 12.0. The number of rotatable bonds is 4. The van der Waals surface area contributed by atoms with Crippen LogP contribution in [0.25, 0.3) is 0 Å². The molecule has 0 atom stereocenters. The second-order valence-electron chi connectivity index (χ2n) is 5.97. The highest BCUT2D eigenvalue weighted by Gasteiger charge is 2.08. The molecule has 0 aliphatic carbocycles. The van der Waals surface area contributed by atoms with Crippen LogP contribution >= 0.6 is 0 Å². The molecule has 0 bridgehead atoms. The lowest BCUT2D eigenvalue weighted by molar-refractivity contribution is -0.120. The van der Waals surface area contributed by atoms with Gasteiger partial charge in [0.05, 0.1) is 6.54 Å². The zero-order valence-corrected chi connectivity index (χ0v) is 14.5. The number of carbonyl (C=O) groups is 2. The molecule has 2 aromatic rings. The van der Waals surface area contributed by atoms with Crippen molar-refractivity contribution in [3.63, 3.8) is 0 Å². The number of amides is 2. The van der Waals surface area contributed by atoms with Crippen molar-refractivity contribution in [2.75, 3.05) is 11.9 Å². The monoisotopic (exact) mass is 325 g/mol. The second-order valence-corrected chi connectivity index (χ2v) is 5.97. The second kappa shape index (κ2) is 7.64. The molecular weight excluding hydrogens is 302 g/mol. The molecule has 3 N–H and O–H groups in total. The largest absolute Gasteiger partial charge is 0.376 e. The third-order valence-electron chi connectivity index (χ3n) is 3.91. The fraction of sp³-hybridized carbons (Fsp3) is 0.263. The topological polar surface area (TPSA) is 70.2 Å². The SMILES string of the molecule is Cc1ccc(NCC(=O)NNC(=O)c2ccc(C)c(C)c2)c(C)c1. The fourth-order valence-electron chi connectivity index (χ4n) is 2.31. The van der Waals surface area contributed by atoms with Gasteiger partial charge >= 0.3 is 0 Å². The molecule has 0 radical (unpaired) electrons. The van der Waals surface area contributed by atoms with Gasteiger partial charge in [-0.2, -0.15) is 0 Å². The van der Waals surface area contributed by atoms with Gasteiger partial charge < -0.3 is 5.32 Å². The number of hydrazine groups is 1. The first-order valence-electron chi connectivity index (χ1n) is 7.84. The van der Waals surface area contributed by atoms with Crippen molar-refractivity contribution >= 4 is 17.5 Å². The molecule has 0 spiro atoms. The van der Waals surface area contributed by atoms with Crippen LogP contribution in [0.1, 0.15) is 32.6 Å². The van der Waals surface area contributed by atoms with Crippen LogP contribution in [0.4, 0.5) is 5.69 Å². The summed E-state index contributed by atoms with van der Waals surface area (Å²) in [7, 11) is 0. The van der Waals surface area contributed by atoms with Gasteiger partial charge in [-0.05, 0) is 62.6 Å². The van der Waals surface area contributed by atoms with E-state index in [9.17, 15) is 9.59 Å². The third-order valence-corrected chi connectivity index (χ3v) is 3.91. The van der Waals surface area contributed by atoms with Crippen LogP contribution in [0.5, 0.6) is 0 Å². The average molecular weight is 325 g/mol. The number of nitrogens with one attached hydrogen (secondary N) is 3. The predicted molar refractivity (Wildman–Crippen MR) is 95.9 cm³/mol. The molecule has 0 heterocycles. The maximum absolute atomic E-state index is 12.0. The first-order valence-corrected chi connectivity index (χ1v) is 7.84. The lowest BCUT2D eigenvalue weighted by Gasteiger charge is -2.11. The van der Waals surface area contributed by atoms with Crippen LogP contribution in [0.2, 0.25) is 0 Å². The molecule has 0 unspecified atom stereocenters. The van der Waals surface area contributed by atoms with Crippen molar-refractivity contribution in [1.29, 1.82) is 0 Å². The Hall–Kier alpha value is -2.82. The third kappa shape index (κ3) is 4.59. The molecule has 5 heteroatoms. The van der Waals surface area contributed by atoms with Gasteiger partial charge in [-0.15, -0.1) is 0 Å². The summed E-state index contributed by atoms with van der Waals surface area (Å²) in [6.45, 7) is 8.01. The summed E-state index contributed by atoms with van der Waals surface area (Å²) < 4.78 is 0. The Bertz CT molecular complexity index is 769. The normalized spacial score (nSPS) is 10.2. The molecule has 0 aliphatic rings. The highest BCUT2D eigenvalue weighted by atomic mass is 16.2. The first kappa shape index (κ1) is 17.5. The van der Waals surface area contributed by atoms with Gasteiger partial charge in [-0.3, -0.25) is 20.4 Å². The van der Waals surface area contributed by atoms with Crippen LogP contribution in [-0.4, -0.2) is 18.4 Å². The number of hydrogen-bond acceptors (Lipinski definition) is 3. The van der Waals surface area contributed by atoms with E-state index in [1.165, 1.54) is 5.56 Å². The van der Waals surface area contributed by atoms with Crippen molar-refractivity contribution in [1.82, 2.24) is 10.9 Å². The molecule has 2 rings (SSSR count). The number of carbonyl (C=O) groups excluding carboxylic acids is 2. The Kier molecular flexibility index (Phi) is 5.58. The molecule has 0 fully saturated rings. The quantitative estimate of drug-likeness (QED) is 0.757. The molecular formula is C19H23N3O2. The van der Waals surface area contributed by atoms with Crippen molar-refractivity contribution in [2.24, 2.45) is 0 Å². The van der Waals surface area contributed by atoms with Crippen molar-refractivity contribution in [2.45, 2.75) is 27.7 Å². The van der Waals surface area contributed by atoms with Gasteiger partial charge in [0, 0.05) is 11.3 Å². The predicted octanol–water partition coefficient (Wildman–Crippen LogP) is 2.79. The summed E-state index contributed by atoms with van der Waals surface area (Å²) in [5, 5.41) is 3.06. The molecule has 2 aromatic carbocycles. The Morgan fingerprint density at radius 1 is 0.833 bits per heavy atom. The standard InChI is InChI=1S/C19H23N3O2/c1-12-5-8-17(15(4)9-12)20-11-18(23)21-22-19(24)16-7-6-13(2)14(3)10-16/h5-10,20H,11H2,1-4H3,(H,21,23)(H,22,24). The Labute approximate surface area is 142 Å². The minimum Gasteiger partial charge on any atom is -0.376 e. The van der Waals surface area contributed by atoms with Gasteiger partial charge in [0.25, 0.3) is 11.8 Å². The van der Waals surface area contributed by atoms with E-state index in [1.54, 1.807) is 12.1 Å². The summed E-state index contributed by atoms with van der Waals surface area (Å²) in [6.07, 6.45) is 0. The van der Waals surface area contributed by atoms with Crippen molar-refractivity contribution in [3.8, 4) is 0 Å². The molecule has 2 amide bonds. The Balaban J connectivity index is 1.84. The minimum atomic E-state index is -0.335. The molecule has 126 valence electrons. The van der Waals surface area contributed by atoms with Gasteiger partial charge in [-0.25, -0.2) is 0 Å². The van der Waals surface area contributed by atoms with Crippen LogP contribution in [0, 0.1) is 27.7 Å². The van der Waals surface area contributed by atoms with Crippen LogP contribution < -0.4 is 16.2 Å². The van der Waals surface area contributed by atoms with Crippen LogP contribution in [0.3, 0.4) is 0 Å². The van der Waals surface area contributed by atoms with Gasteiger partial charge in [0.1, 0.15) is 0 Å². The van der Waals surface area contributed by atoms with E-state index in [0.717, 1.165) is 22.4 Å². The Morgan fingerprint density at radius 2 is 1.58 bits per heavy atom. The smallest absolute Gasteiger partial charge is 0.269 e. The van der Waals surface area contributed by atoms with E-state index in [4.69, 9.17) is 0 Å². The number of aryl methyl sites for hydroxylation is 4. The van der Waals surface area contributed by atoms with Gasteiger partial charge in [0.2, 0.25) is 0 Å². The van der Waals surface area contributed by atoms with Crippen molar-refractivity contribution < 1.29 is 9.59 Å². The van der Waals surface area contributed by atoms with Crippen molar-refractivity contribution in [3.05, 3.63) is 64.2 Å². The molecule has 0 saturated heterocycles. The van der Waals surface area contributed by atoms with Crippen LogP contribution in [0.15, 0.2) is 36.4 Å². The molecule has 5 nitrogen and oxygen atoms in total. The van der Waals surface area contributed by atoms with E-state index >= 15 is 0 Å². The average Bonchev–Trinajstić information content (AvgIpc) is 2.54. The zero-order valence-electron chi connectivity index (χ0n) is 14.5. The molecule has 0 aliphatic heterocycles. The van der Waals surface area contributed by atoms with E-state index in [2.05, 4.69) is 16.2 Å². The number of anilines is 1.